The van der Waals surface area contributed by atoms with Crippen molar-refractivity contribution in [1.82, 2.24) is 10.2 Å². The van der Waals surface area contributed by atoms with Crippen molar-refractivity contribution >= 4 is 27.3 Å². The third kappa shape index (κ3) is 5.36. The van der Waals surface area contributed by atoms with E-state index in [0.717, 1.165) is 56.3 Å². The van der Waals surface area contributed by atoms with Crippen LogP contribution in [0.3, 0.4) is 0 Å². The maximum Gasteiger partial charge on any atom is 0.294 e. The average Bonchev–Trinajstić information content (AvgIpc) is 3.19. The van der Waals surface area contributed by atoms with Crippen LogP contribution in [-0.2, 0) is 10.0 Å². The first kappa shape index (κ1) is 22.6. The molecule has 3 rings (SSSR count). The number of benzene rings is 2. The van der Waals surface area contributed by atoms with Crippen LogP contribution in [0.5, 0.6) is 0 Å². The quantitative estimate of drug-likeness (QED) is 0.471. The Bertz CT molecular complexity index is 1080. The Hall–Kier alpha value is -3.05. The summed E-state index contributed by atoms with van der Waals surface area (Å²) in [7, 11) is -4.18. The van der Waals surface area contributed by atoms with Crippen molar-refractivity contribution in [1.29, 1.82) is 0 Å². The van der Waals surface area contributed by atoms with E-state index < -0.39 is 32.4 Å². The lowest BCUT2D eigenvalue weighted by Crippen LogP contribution is -2.40. The molecule has 1 aliphatic rings. The van der Waals surface area contributed by atoms with Crippen molar-refractivity contribution < 1.29 is 22.5 Å². The molecule has 2 N–H and O–H groups in total. The molecule has 0 aromatic heterocycles. The van der Waals surface area contributed by atoms with E-state index in [-0.39, 0.29) is 22.2 Å². The smallest absolute Gasteiger partial charge is 0.294 e. The largest absolute Gasteiger partial charge is 0.350 e. The second-order valence-corrected chi connectivity index (χ2v) is 8.87. The van der Waals surface area contributed by atoms with Crippen molar-refractivity contribution in [3.05, 3.63) is 64.0 Å². The van der Waals surface area contributed by atoms with Crippen molar-refractivity contribution in [3.63, 3.8) is 0 Å². The Morgan fingerprint density at radius 2 is 1.97 bits per heavy atom. The van der Waals surface area contributed by atoms with Crippen LogP contribution in [0.4, 0.5) is 15.8 Å². The number of carbonyl (C=O) groups is 1. The lowest BCUT2D eigenvalue weighted by atomic mass is 10.1. The number of hydrogen-bond donors (Lipinski definition) is 2. The summed E-state index contributed by atoms with van der Waals surface area (Å²) in [5.74, 6) is -1.08. The Morgan fingerprint density at radius 1 is 1.26 bits per heavy atom. The maximum atomic E-state index is 13.0. The van der Waals surface area contributed by atoms with Gasteiger partial charge in [0, 0.05) is 24.2 Å². The van der Waals surface area contributed by atoms with Gasteiger partial charge in [-0.15, -0.1) is 0 Å². The van der Waals surface area contributed by atoms with Gasteiger partial charge in [-0.3, -0.25) is 24.5 Å². The summed E-state index contributed by atoms with van der Waals surface area (Å²) in [6.07, 6.45) is 2.03. The Balaban J connectivity index is 1.77. The molecule has 2 aromatic carbocycles. The Kier molecular flexibility index (Phi) is 6.86. The molecule has 166 valence electrons. The van der Waals surface area contributed by atoms with Crippen LogP contribution in [0, 0.1) is 15.9 Å². The fraction of sp³-hybridized carbons (Fsp3) is 0.350. The molecule has 1 aliphatic heterocycles. The summed E-state index contributed by atoms with van der Waals surface area (Å²) in [5, 5.41) is 14.3. The molecule has 1 fully saturated rings. The van der Waals surface area contributed by atoms with E-state index in [4.69, 9.17) is 0 Å². The van der Waals surface area contributed by atoms with Gasteiger partial charge in [-0.2, -0.15) is 0 Å². The molecular formula is C20H23FN4O5S. The van der Waals surface area contributed by atoms with Crippen molar-refractivity contribution in [2.45, 2.75) is 30.7 Å². The molecular weight excluding hydrogens is 427 g/mol. The summed E-state index contributed by atoms with van der Waals surface area (Å²) >= 11 is 0. The molecule has 11 heteroatoms. The zero-order valence-electron chi connectivity index (χ0n) is 16.9. The fourth-order valence-corrected chi connectivity index (χ4v) is 4.66. The second-order valence-electron chi connectivity index (χ2n) is 7.18. The molecule has 1 unspecified atom stereocenters. The van der Waals surface area contributed by atoms with Gasteiger partial charge in [0.2, 0.25) is 0 Å². The van der Waals surface area contributed by atoms with Gasteiger partial charge in [0.05, 0.1) is 9.82 Å². The zero-order valence-corrected chi connectivity index (χ0v) is 17.7. The first-order chi connectivity index (χ1) is 14.7. The molecule has 1 atom stereocenters. The lowest BCUT2D eigenvalue weighted by Gasteiger charge is -2.22. The zero-order chi connectivity index (χ0) is 22.6. The van der Waals surface area contributed by atoms with Crippen LogP contribution < -0.4 is 10.0 Å². The Labute approximate surface area is 179 Å². The molecule has 1 heterocycles. The highest BCUT2D eigenvalue weighted by molar-refractivity contribution is 7.92. The van der Waals surface area contributed by atoms with Gasteiger partial charge in [-0.1, -0.05) is 6.92 Å². The number of halogens is 1. The molecule has 0 saturated carbocycles. The Morgan fingerprint density at radius 3 is 2.61 bits per heavy atom. The second kappa shape index (κ2) is 9.40. The van der Waals surface area contributed by atoms with Crippen LogP contribution in [0.1, 0.15) is 30.1 Å². The maximum absolute atomic E-state index is 13.0. The predicted molar refractivity (Wildman–Crippen MR) is 113 cm³/mol. The first-order valence-corrected chi connectivity index (χ1v) is 11.3. The highest BCUT2D eigenvalue weighted by Gasteiger charge is 2.25. The summed E-state index contributed by atoms with van der Waals surface area (Å²) in [6.45, 7) is 4.34. The third-order valence-corrected chi connectivity index (χ3v) is 6.61. The predicted octanol–water partition coefficient (Wildman–Crippen LogP) is 2.75. The number of likely N-dealkylation sites (N-methyl/N-ethyl adjacent to an activating group) is 1. The number of nitrogens with one attached hydrogen (secondary N) is 2. The number of anilines is 1. The van der Waals surface area contributed by atoms with Crippen molar-refractivity contribution in [3.8, 4) is 0 Å². The van der Waals surface area contributed by atoms with Crippen LogP contribution >= 0.6 is 0 Å². The number of amides is 1. The fourth-order valence-electron chi connectivity index (χ4n) is 3.58. The molecule has 0 aliphatic carbocycles. The van der Waals surface area contributed by atoms with Crippen LogP contribution in [0.2, 0.25) is 0 Å². The minimum atomic E-state index is -4.18. The van der Waals surface area contributed by atoms with E-state index in [1.807, 2.05) is 0 Å². The summed E-state index contributed by atoms with van der Waals surface area (Å²) < 4.78 is 40.1. The van der Waals surface area contributed by atoms with Gasteiger partial charge in [0.1, 0.15) is 11.5 Å². The van der Waals surface area contributed by atoms with Gasteiger partial charge < -0.3 is 5.32 Å². The molecule has 1 saturated heterocycles. The van der Waals surface area contributed by atoms with E-state index >= 15 is 0 Å². The third-order valence-electron chi connectivity index (χ3n) is 5.23. The summed E-state index contributed by atoms with van der Waals surface area (Å²) in [6, 6.07) is 7.79. The number of likely N-dealkylation sites (tertiary alicyclic amines) is 1. The highest BCUT2D eigenvalue weighted by Crippen LogP contribution is 2.28. The standard InChI is InChI=1S/C20H23FN4O5S/c1-2-24-11-3-4-16(24)13-22-20(26)14-5-10-18(19(12-14)25(27)28)23-31(29,30)17-8-6-15(21)7-9-17/h5-10,12,16,23H,2-4,11,13H2,1H3,(H,22,26). The molecule has 2 aromatic rings. The SMILES string of the molecule is CCN1CCCC1CNC(=O)c1ccc(NS(=O)(=O)c2ccc(F)cc2)c([N+](=O)[O-])c1. The van der Waals surface area contributed by atoms with E-state index in [2.05, 4.69) is 21.9 Å². The topological polar surface area (TPSA) is 122 Å². The number of nitrogens with zero attached hydrogens (tertiary/aromatic N) is 2. The van der Waals surface area contributed by atoms with Gasteiger partial charge in [0.25, 0.3) is 21.6 Å². The number of nitro groups is 1. The van der Waals surface area contributed by atoms with Gasteiger partial charge in [-0.25, -0.2) is 12.8 Å². The minimum absolute atomic E-state index is 0.0532. The van der Waals surface area contributed by atoms with Crippen molar-refractivity contribution in [2.24, 2.45) is 0 Å². The highest BCUT2D eigenvalue weighted by atomic mass is 32.2. The normalized spacial score (nSPS) is 16.8. The molecule has 0 spiro atoms. The first-order valence-electron chi connectivity index (χ1n) is 9.80. The van der Waals surface area contributed by atoms with Gasteiger partial charge >= 0.3 is 0 Å². The van der Waals surface area contributed by atoms with E-state index in [1.165, 1.54) is 12.1 Å². The van der Waals surface area contributed by atoms with E-state index in [1.54, 1.807) is 0 Å². The van der Waals surface area contributed by atoms with Crippen LogP contribution in [0.15, 0.2) is 47.4 Å². The van der Waals surface area contributed by atoms with Crippen LogP contribution in [-0.4, -0.2) is 49.8 Å². The van der Waals surface area contributed by atoms with Gasteiger partial charge in [-0.05, 0) is 62.3 Å². The number of sulfonamides is 1. The van der Waals surface area contributed by atoms with E-state index in [0.29, 0.717) is 6.54 Å². The molecule has 0 radical (unpaired) electrons. The summed E-state index contributed by atoms with van der Waals surface area (Å²) in [5.41, 5.74) is -0.800. The summed E-state index contributed by atoms with van der Waals surface area (Å²) in [4.78, 5) is 25.2. The van der Waals surface area contributed by atoms with Crippen molar-refractivity contribution in [2.75, 3.05) is 24.4 Å². The average molecular weight is 450 g/mol. The minimum Gasteiger partial charge on any atom is -0.350 e. The monoisotopic (exact) mass is 450 g/mol. The lowest BCUT2D eigenvalue weighted by molar-refractivity contribution is -0.383. The van der Waals surface area contributed by atoms with E-state index in [9.17, 15) is 27.7 Å². The number of nitro benzene ring substituents is 1. The molecule has 1 amide bonds. The van der Waals surface area contributed by atoms with Gasteiger partial charge in [0.15, 0.2) is 0 Å². The molecule has 9 nitrogen and oxygen atoms in total. The molecule has 0 bridgehead atoms. The number of carbonyl (C=O) groups excluding carboxylic acids is 1. The number of hydrogen-bond acceptors (Lipinski definition) is 6. The number of rotatable bonds is 8. The molecule has 31 heavy (non-hydrogen) atoms. The van der Waals surface area contributed by atoms with Crippen LogP contribution in [0.25, 0.3) is 0 Å².